The molecule has 1 aromatic heterocycles. The molecule has 1 saturated carbocycles. The summed E-state index contributed by atoms with van der Waals surface area (Å²) in [7, 11) is 1.90. The van der Waals surface area contributed by atoms with E-state index in [2.05, 4.69) is 47.6 Å². The molecule has 0 aliphatic heterocycles. The predicted molar refractivity (Wildman–Crippen MR) is 88.9 cm³/mol. The van der Waals surface area contributed by atoms with Gasteiger partial charge in [0.25, 0.3) is 0 Å². The van der Waals surface area contributed by atoms with E-state index < -0.39 is 0 Å². The van der Waals surface area contributed by atoms with Crippen molar-refractivity contribution < 1.29 is 0 Å². The van der Waals surface area contributed by atoms with Gasteiger partial charge in [-0.3, -0.25) is 0 Å². The molecule has 4 nitrogen and oxygen atoms in total. The molecule has 1 aliphatic rings. The first-order chi connectivity index (χ1) is 9.38. The molecule has 0 radical (unpaired) electrons. The number of nitrogens with zero attached hydrogens (tertiary/aromatic N) is 2. The van der Waals surface area contributed by atoms with E-state index in [1.165, 1.54) is 19.3 Å². The lowest BCUT2D eigenvalue weighted by atomic mass is 9.84. The first-order valence-corrected chi connectivity index (χ1v) is 8.47. The Hall–Kier alpha value is -0.970. The van der Waals surface area contributed by atoms with Crippen molar-refractivity contribution in [2.24, 2.45) is 0 Å². The van der Waals surface area contributed by atoms with E-state index in [1.54, 1.807) is 0 Å². The minimum atomic E-state index is -0.0447. The van der Waals surface area contributed by atoms with Gasteiger partial charge in [-0.25, -0.2) is 9.97 Å². The zero-order valence-electron chi connectivity index (χ0n) is 13.2. The summed E-state index contributed by atoms with van der Waals surface area (Å²) in [4.78, 5) is 9.23. The lowest BCUT2D eigenvalue weighted by Crippen LogP contribution is -2.40. The molecule has 1 aliphatic carbocycles. The van der Waals surface area contributed by atoms with Crippen LogP contribution in [0.5, 0.6) is 0 Å². The highest BCUT2D eigenvalue weighted by Crippen LogP contribution is 2.42. The molecule has 5 heteroatoms. The van der Waals surface area contributed by atoms with Crippen LogP contribution in [0.1, 0.15) is 45.9 Å². The summed E-state index contributed by atoms with van der Waals surface area (Å²) in [5.74, 6) is 2.67. The molecule has 0 saturated heterocycles. The van der Waals surface area contributed by atoms with Crippen molar-refractivity contribution in [3.05, 3.63) is 11.9 Å². The highest BCUT2D eigenvalue weighted by atomic mass is 32.2. The van der Waals surface area contributed by atoms with Crippen molar-refractivity contribution in [2.45, 2.75) is 50.2 Å². The normalized spacial score (nSPS) is 17.4. The van der Waals surface area contributed by atoms with Crippen LogP contribution in [0.4, 0.5) is 11.6 Å². The Morgan fingerprint density at radius 1 is 1.25 bits per heavy atom. The minimum absolute atomic E-state index is 0.0447. The largest absolute Gasteiger partial charge is 0.373 e. The number of thioether (sulfide) groups is 1. The van der Waals surface area contributed by atoms with Crippen molar-refractivity contribution in [3.63, 3.8) is 0 Å². The van der Waals surface area contributed by atoms with Gasteiger partial charge < -0.3 is 10.6 Å². The van der Waals surface area contributed by atoms with Crippen LogP contribution in [0.25, 0.3) is 0 Å². The Morgan fingerprint density at radius 3 is 2.35 bits per heavy atom. The Balaban J connectivity index is 2.14. The zero-order chi connectivity index (χ0) is 14.8. The van der Waals surface area contributed by atoms with Gasteiger partial charge in [-0.15, -0.1) is 0 Å². The van der Waals surface area contributed by atoms with Gasteiger partial charge in [-0.2, -0.15) is 11.8 Å². The molecule has 0 atom stereocenters. The van der Waals surface area contributed by atoms with Crippen LogP contribution in [0.15, 0.2) is 6.07 Å². The van der Waals surface area contributed by atoms with Crippen LogP contribution >= 0.6 is 11.8 Å². The number of rotatable bonds is 5. The van der Waals surface area contributed by atoms with Crippen molar-refractivity contribution >= 4 is 23.4 Å². The molecule has 20 heavy (non-hydrogen) atoms. The molecule has 0 aromatic carbocycles. The third-order valence-corrected chi connectivity index (χ3v) is 5.36. The van der Waals surface area contributed by atoms with Gasteiger partial charge in [0.15, 0.2) is 0 Å². The van der Waals surface area contributed by atoms with Crippen molar-refractivity contribution in [2.75, 3.05) is 30.5 Å². The number of hydrogen-bond donors (Lipinski definition) is 2. The van der Waals surface area contributed by atoms with E-state index in [-0.39, 0.29) is 5.41 Å². The molecule has 1 aromatic rings. The van der Waals surface area contributed by atoms with Gasteiger partial charge in [0.05, 0.1) is 0 Å². The Labute approximate surface area is 126 Å². The fraction of sp³-hybridized carbons (Fsp3) is 0.733. The van der Waals surface area contributed by atoms with E-state index >= 15 is 0 Å². The fourth-order valence-electron chi connectivity index (χ4n) is 2.28. The molecule has 1 heterocycles. The smallest absolute Gasteiger partial charge is 0.138 e. The van der Waals surface area contributed by atoms with Gasteiger partial charge in [-0.05, 0) is 19.1 Å². The van der Waals surface area contributed by atoms with E-state index in [1.807, 2.05) is 24.9 Å². The zero-order valence-corrected chi connectivity index (χ0v) is 14.0. The first kappa shape index (κ1) is 15.4. The van der Waals surface area contributed by atoms with Crippen LogP contribution in [-0.2, 0) is 5.41 Å². The third kappa shape index (κ3) is 3.37. The quantitative estimate of drug-likeness (QED) is 0.870. The summed E-state index contributed by atoms with van der Waals surface area (Å²) in [6.45, 7) is 7.40. The average Bonchev–Trinajstić information content (AvgIpc) is 2.36. The summed E-state index contributed by atoms with van der Waals surface area (Å²) in [5, 5.41) is 6.64. The second kappa shape index (κ2) is 5.80. The Morgan fingerprint density at radius 2 is 1.90 bits per heavy atom. The minimum Gasteiger partial charge on any atom is -0.373 e. The Bertz CT molecular complexity index is 458. The molecule has 1 fully saturated rings. The van der Waals surface area contributed by atoms with Gasteiger partial charge in [0.2, 0.25) is 0 Å². The van der Waals surface area contributed by atoms with E-state index in [0.29, 0.717) is 4.75 Å². The summed E-state index contributed by atoms with van der Waals surface area (Å²) in [6.07, 6.45) is 6.16. The molecule has 0 bridgehead atoms. The lowest BCUT2D eigenvalue weighted by molar-refractivity contribution is 0.379. The lowest BCUT2D eigenvalue weighted by Gasteiger charge is -2.40. The topological polar surface area (TPSA) is 49.8 Å². The van der Waals surface area contributed by atoms with E-state index in [4.69, 9.17) is 0 Å². The molecule has 112 valence electrons. The maximum absolute atomic E-state index is 4.68. The molecular formula is C15H26N4S. The van der Waals surface area contributed by atoms with Crippen molar-refractivity contribution in [1.29, 1.82) is 0 Å². The first-order valence-electron chi connectivity index (χ1n) is 7.25. The van der Waals surface area contributed by atoms with Crippen LogP contribution in [-0.4, -0.2) is 34.6 Å². The Kier molecular flexibility index (Phi) is 4.47. The summed E-state index contributed by atoms with van der Waals surface area (Å²) in [6, 6.07) is 1.99. The molecule has 0 spiro atoms. The highest BCUT2D eigenvalue weighted by Gasteiger charge is 2.36. The molecule has 0 amide bonds. The van der Waals surface area contributed by atoms with Crippen LogP contribution in [0.3, 0.4) is 0 Å². The monoisotopic (exact) mass is 294 g/mol. The maximum Gasteiger partial charge on any atom is 0.138 e. The van der Waals surface area contributed by atoms with Crippen LogP contribution < -0.4 is 10.6 Å². The average molecular weight is 294 g/mol. The van der Waals surface area contributed by atoms with E-state index in [0.717, 1.165) is 24.0 Å². The molecule has 2 N–H and O–H groups in total. The van der Waals surface area contributed by atoms with Gasteiger partial charge in [0, 0.05) is 29.8 Å². The van der Waals surface area contributed by atoms with E-state index in [9.17, 15) is 0 Å². The predicted octanol–water partition coefficient (Wildman–Crippen LogP) is 3.51. The molecular weight excluding hydrogens is 268 g/mol. The summed E-state index contributed by atoms with van der Waals surface area (Å²) >= 11 is 1.98. The van der Waals surface area contributed by atoms with Crippen molar-refractivity contribution in [1.82, 2.24) is 9.97 Å². The standard InChI is InChI=1S/C15H26N4S/c1-14(2,3)13-18-11(16-4)9-12(19-13)17-10-15(20-5)7-6-8-15/h9H,6-8,10H2,1-5H3,(H2,16,17,18,19). The second-order valence-electron chi connectivity index (χ2n) is 6.56. The summed E-state index contributed by atoms with van der Waals surface area (Å²) < 4.78 is 0.409. The number of nitrogens with one attached hydrogen (secondary N) is 2. The highest BCUT2D eigenvalue weighted by molar-refractivity contribution is 8.00. The number of anilines is 2. The number of hydrogen-bond acceptors (Lipinski definition) is 5. The third-order valence-electron chi connectivity index (χ3n) is 3.94. The second-order valence-corrected chi connectivity index (χ2v) is 7.83. The van der Waals surface area contributed by atoms with Gasteiger partial charge in [-0.1, -0.05) is 27.2 Å². The maximum atomic E-state index is 4.68. The fourth-order valence-corrected chi connectivity index (χ4v) is 3.19. The van der Waals surface area contributed by atoms with Gasteiger partial charge >= 0.3 is 0 Å². The van der Waals surface area contributed by atoms with Crippen molar-refractivity contribution in [3.8, 4) is 0 Å². The SMILES string of the molecule is CNc1cc(NCC2(SC)CCC2)nc(C(C)(C)C)n1. The number of aromatic nitrogens is 2. The van der Waals surface area contributed by atoms with Crippen LogP contribution in [0.2, 0.25) is 0 Å². The molecule has 2 rings (SSSR count). The van der Waals surface area contributed by atoms with Crippen LogP contribution in [0, 0.1) is 0 Å². The summed E-state index contributed by atoms with van der Waals surface area (Å²) in [5.41, 5.74) is -0.0447. The molecule has 0 unspecified atom stereocenters. The van der Waals surface area contributed by atoms with Gasteiger partial charge in [0.1, 0.15) is 17.5 Å².